The van der Waals surface area contributed by atoms with E-state index in [4.69, 9.17) is 9.47 Å². The molecule has 19 heavy (non-hydrogen) atoms. The zero-order valence-electron chi connectivity index (χ0n) is 10.4. The lowest BCUT2D eigenvalue weighted by atomic mass is 9.87. The van der Waals surface area contributed by atoms with Gasteiger partial charge in [0.25, 0.3) is 0 Å². The average Bonchev–Trinajstić information content (AvgIpc) is 2.45. The summed E-state index contributed by atoms with van der Waals surface area (Å²) in [4.78, 5) is 0. The number of benzene rings is 2. The molecule has 2 atom stereocenters. The summed E-state index contributed by atoms with van der Waals surface area (Å²) in [6.45, 7) is 0.425. The van der Waals surface area contributed by atoms with Crippen molar-refractivity contribution in [3.63, 3.8) is 0 Å². The fraction of sp³-hybridized carbons (Fsp3) is 0.250. The van der Waals surface area contributed by atoms with E-state index in [1.165, 1.54) is 0 Å². The molecule has 2 heterocycles. The van der Waals surface area contributed by atoms with Crippen LogP contribution in [0.3, 0.4) is 0 Å². The Bertz CT molecular complexity index is 637. The smallest absolute Gasteiger partial charge is 0.212 e. The van der Waals surface area contributed by atoms with Gasteiger partial charge in [0, 0.05) is 12.0 Å². The van der Waals surface area contributed by atoms with Crippen LogP contribution in [0.5, 0.6) is 5.75 Å². The second-order valence-electron chi connectivity index (χ2n) is 5.11. The topological polar surface area (TPSA) is 38.7 Å². The zero-order valence-corrected chi connectivity index (χ0v) is 10.4. The number of rotatable bonds is 0. The molecule has 0 saturated heterocycles. The number of fused-ring (bicyclic) bond motifs is 4. The van der Waals surface area contributed by atoms with Crippen LogP contribution >= 0.6 is 0 Å². The van der Waals surface area contributed by atoms with Crippen LogP contribution in [0.4, 0.5) is 0 Å². The molecular formula is C16H14O3. The second-order valence-corrected chi connectivity index (χ2v) is 5.11. The maximum atomic E-state index is 10.7. The summed E-state index contributed by atoms with van der Waals surface area (Å²) in [6, 6.07) is 15.7. The Hall–Kier alpha value is -1.84. The van der Waals surface area contributed by atoms with Crippen molar-refractivity contribution < 1.29 is 14.6 Å². The standard InChI is InChI=1S/C16H14O3/c17-16-9-11-5-2-4-8-14(11)19-15(16)13-7-3-1-6-12(13)10-18-16/h1-8,15,17H,9-10H2/t15-,16+/m1/s1. The third-order valence-corrected chi connectivity index (χ3v) is 3.89. The Morgan fingerprint density at radius 3 is 2.63 bits per heavy atom. The van der Waals surface area contributed by atoms with E-state index >= 15 is 0 Å². The van der Waals surface area contributed by atoms with E-state index in [0.717, 1.165) is 22.4 Å². The van der Waals surface area contributed by atoms with Gasteiger partial charge >= 0.3 is 0 Å². The molecule has 2 aliphatic heterocycles. The summed E-state index contributed by atoms with van der Waals surface area (Å²) in [6.07, 6.45) is 0.00896. The van der Waals surface area contributed by atoms with Crippen LogP contribution in [0.15, 0.2) is 48.5 Å². The van der Waals surface area contributed by atoms with Gasteiger partial charge in [0.15, 0.2) is 6.10 Å². The Balaban J connectivity index is 1.85. The molecule has 96 valence electrons. The Morgan fingerprint density at radius 2 is 1.74 bits per heavy atom. The third kappa shape index (κ3) is 1.59. The van der Waals surface area contributed by atoms with Gasteiger partial charge in [0.1, 0.15) is 5.75 Å². The molecule has 0 aromatic heterocycles. The predicted molar refractivity (Wildman–Crippen MR) is 69.7 cm³/mol. The van der Waals surface area contributed by atoms with E-state index in [2.05, 4.69) is 0 Å². The second kappa shape index (κ2) is 3.83. The van der Waals surface area contributed by atoms with Gasteiger partial charge in [-0.2, -0.15) is 0 Å². The highest BCUT2D eigenvalue weighted by Crippen LogP contribution is 2.45. The highest BCUT2D eigenvalue weighted by molar-refractivity contribution is 5.41. The minimum absolute atomic E-state index is 0.425. The lowest BCUT2D eigenvalue weighted by Gasteiger charge is -2.44. The van der Waals surface area contributed by atoms with Crippen LogP contribution in [-0.4, -0.2) is 10.9 Å². The Morgan fingerprint density at radius 1 is 1.00 bits per heavy atom. The molecule has 2 aromatic rings. The minimum atomic E-state index is -1.26. The molecule has 0 aliphatic carbocycles. The molecule has 2 aliphatic rings. The fourth-order valence-electron chi connectivity index (χ4n) is 2.91. The van der Waals surface area contributed by atoms with Crippen molar-refractivity contribution in [1.29, 1.82) is 0 Å². The first-order valence-electron chi connectivity index (χ1n) is 6.45. The van der Waals surface area contributed by atoms with E-state index in [-0.39, 0.29) is 0 Å². The van der Waals surface area contributed by atoms with Gasteiger partial charge in [-0.05, 0) is 17.2 Å². The number of hydrogen-bond acceptors (Lipinski definition) is 3. The predicted octanol–water partition coefficient (Wildman–Crippen LogP) is 2.58. The molecule has 3 nitrogen and oxygen atoms in total. The summed E-state index contributed by atoms with van der Waals surface area (Å²) in [5.74, 6) is -0.430. The lowest BCUT2D eigenvalue weighted by Crippen LogP contribution is -2.49. The van der Waals surface area contributed by atoms with Gasteiger partial charge in [-0.3, -0.25) is 0 Å². The van der Waals surface area contributed by atoms with Crippen molar-refractivity contribution in [3.05, 3.63) is 65.2 Å². The molecule has 1 N–H and O–H groups in total. The molecule has 4 rings (SSSR count). The first-order valence-corrected chi connectivity index (χ1v) is 6.45. The minimum Gasteiger partial charge on any atom is -0.480 e. The fourth-order valence-corrected chi connectivity index (χ4v) is 2.91. The maximum Gasteiger partial charge on any atom is 0.212 e. The summed E-state index contributed by atoms with van der Waals surface area (Å²) in [7, 11) is 0. The average molecular weight is 254 g/mol. The van der Waals surface area contributed by atoms with Crippen molar-refractivity contribution in [1.82, 2.24) is 0 Å². The van der Waals surface area contributed by atoms with Gasteiger partial charge in [-0.15, -0.1) is 0 Å². The van der Waals surface area contributed by atoms with E-state index in [1.807, 2.05) is 48.5 Å². The zero-order chi connectivity index (χ0) is 12.9. The van der Waals surface area contributed by atoms with E-state index in [1.54, 1.807) is 0 Å². The number of aliphatic hydroxyl groups is 1. The summed E-state index contributed by atoms with van der Waals surface area (Å²) in [5, 5.41) is 10.7. The summed E-state index contributed by atoms with van der Waals surface area (Å²) < 4.78 is 11.7. The number of ether oxygens (including phenoxy) is 2. The molecule has 0 amide bonds. The van der Waals surface area contributed by atoms with Crippen molar-refractivity contribution in [2.75, 3.05) is 0 Å². The molecule has 0 bridgehead atoms. The lowest BCUT2D eigenvalue weighted by molar-refractivity contribution is -0.273. The largest absolute Gasteiger partial charge is 0.480 e. The van der Waals surface area contributed by atoms with Crippen LogP contribution in [0, 0.1) is 0 Å². The highest BCUT2D eigenvalue weighted by Gasteiger charge is 2.48. The van der Waals surface area contributed by atoms with Crippen molar-refractivity contribution >= 4 is 0 Å². The monoisotopic (exact) mass is 254 g/mol. The number of hydrogen-bond donors (Lipinski definition) is 1. The summed E-state index contributed by atoms with van der Waals surface area (Å²) >= 11 is 0. The summed E-state index contributed by atoms with van der Waals surface area (Å²) in [5.41, 5.74) is 3.09. The van der Waals surface area contributed by atoms with Crippen molar-refractivity contribution in [2.45, 2.75) is 24.9 Å². The Kier molecular flexibility index (Phi) is 2.22. The molecule has 0 spiro atoms. The molecule has 0 saturated carbocycles. The highest BCUT2D eigenvalue weighted by atomic mass is 16.7. The van der Waals surface area contributed by atoms with Crippen LogP contribution in [-0.2, 0) is 17.8 Å². The molecule has 3 heteroatoms. The van der Waals surface area contributed by atoms with Crippen LogP contribution in [0.25, 0.3) is 0 Å². The van der Waals surface area contributed by atoms with Crippen LogP contribution in [0.2, 0.25) is 0 Å². The normalized spacial score (nSPS) is 27.7. The van der Waals surface area contributed by atoms with E-state index in [9.17, 15) is 5.11 Å². The van der Waals surface area contributed by atoms with Gasteiger partial charge < -0.3 is 14.6 Å². The molecule has 2 aromatic carbocycles. The van der Waals surface area contributed by atoms with Crippen molar-refractivity contribution in [2.24, 2.45) is 0 Å². The maximum absolute atomic E-state index is 10.7. The molecular weight excluding hydrogens is 240 g/mol. The van der Waals surface area contributed by atoms with Gasteiger partial charge in [-0.1, -0.05) is 42.5 Å². The SMILES string of the molecule is O[C@]12Cc3ccccc3O[C@@H]1c1ccccc1CO2. The quantitative estimate of drug-likeness (QED) is 0.785. The van der Waals surface area contributed by atoms with E-state index in [0.29, 0.717) is 13.0 Å². The molecule has 0 fully saturated rings. The first-order chi connectivity index (χ1) is 9.26. The van der Waals surface area contributed by atoms with Gasteiger partial charge in [-0.25, -0.2) is 0 Å². The van der Waals surface area contributed by atoms with Gasteiger partial charge in [0.2, 0.25) is 5.79 Å². The van der Waals surface area contributed by atoms with Crippen LogP contribution in [0.1, 0.15) is 22.8 Å². The molecule has 0 radical (unpaired) electrons. The van der Waals surface area contributed by atoms with Crippen LogP contribution < -0.4 is 4.74 Å². The van der Waals surface area contributed by atoms with Gasteiger partial charge in [0.05, 0.1) is 6.61 Å². The van der Waals surface area contributed by atoms with E-state index < -0.39 is 11.9 Å². The third-order valence-electron chi connectivity index (χ3n) is 3.89. The molecule has 0 unspecified atom stereocenters. The first kappa shape index (κ1) is 11.0. The van der Waals surface area contributed by atoms with Crippen molar-refractivity contribution in [3.8, 4) is 5.75 Å². The number of para-hydroxylation sites is 1. The Labute approximate surface area is 111 Å².